The first-order valence-corrected chi connectivity index (χ1v) is 12.5. The van der Waals surface area contributed by atoms with Crippen LogP contribution in [0.15, 0.2) is 0 Å². The highest BCUT2D eigenvalue weighted by Crippen LogP contribution is 2.13. The van der Waals surface area contributed by atoms with Crippen LogP contribution >= 0.6 is 0 Å². The minimum Gasteiger partial charge on any atom is -0.103 e. The molecule has 0 aromatic rings. The average molecular weight is 375 g/mol. The maximum absolute atomic E-state index is 3.90. The van der Waals surface area contributed by atoms with Gasteiger partial charge in [-0.15, -0.1) is 11.8 Å². The Hall–Kier alpha value is -0.440. The van der Waals surface area contributed by atoms with Crippen molar-refractivity contribution in [3.8, 4) is 11.8 Å². The number of hydrogen-bond donors (Lipinski definition) is 0. The van der Waals surface area contributed by atoms with E-state index in [-0.39, 0.29) is 0 Å². The summed E-state index contributed by atoms with van der Waals surface area (Å²) in [6.45, 7) is 7.79. The Morgan fingerprint density at radius 3 is 0.778 bits per heavy atom. The largest absolute Gasteiger partial charge is 0.103 e. The molecule has 0 amide bonds. The van der Waals surface area contributed by atoms with Crippen LogP contribution in [0, 0.1) is 25.7 Å². The third-order valence-corrected chi connectivity index (χ3v) is 5.48. The van der Waals surface area contributed by atoms with E-state index in [1.165, 1.54) is 122 Å². The SMILES string of the molecule is [CH2]CCCCCCCC#CCCCCCCCCCCCCCCCC[CH2]. The Bertz CT molecular complexity index is 306. The molecule has 0 bridgehead atoms. The van der Waals surface area contributed by atoms with E-state index in [1.807, 2.05) is 0 Å². The predicted molar refractivity (Wildman–Crippen MR) is 125 cm³/mol. The first-order chi connectivity index (χ1) is 13.4. The van der Waals surface area contributed by atoms with Gasteiger partial charge in [0.1, 0.15) is 0 Å². The topological polar surface area (TPSA) is 0 Å². The number of hydrogen-bond acceptors (Lipinski definition) is 0. The second kappa shape index (κ2) is 25.6. The summed E-state index contributed by atoms with van der Waals surface area (Å²) in [6.07, 6.45) is 31.0. The van der Waals surface area contributed by atoms with Crippen molar-refractivity contribution in [1.82, 2.24) is 0 Å². The van der Waals surface area contributed by atoms with Crippen LogP contribution in [-0.2, 0) is 0 Å². The van der Waals surface area contributed by atoms with Crippen LogP contribution in [0.5, 0.6) is 0 Å². The van der Waals surface area contributed by atoms with E-state index in [2.05, 4.69) is 25.7 Å². The zero-order valence-electron chi connectivity index (χ0n) is 18.7. The summed E-state index contributed by atoms with van der Waals surface area (Å²) in [5.41, 5.74) is 0. The summed E-state index contributed by atoms with van der Waals surface area (Å²) in [4.78, 5) is 0. The lowest BCUT2D eigenvalue weighted by molar-refractivity contribution is 0.534. The van der Waals surface area contributed by atoms with Gasteiger partial charge < -0.3 is 0 Å². The summed E-state index contributed by atoms with van der Waals surface area (Å²) in [5.74, 6) is 6.73. The molecule has 27 heavy (non-hydrogen) atoms. The van der Waals surface area contributed by atoms with Gasteiger partial charge in [-0.2, -0.15) is 0 Å². The Balaban J connectivity index is 3.06. The highest BCUT2D eigenvalue weighted by molar-refractivity contribution is 4.98. The van der Waals surface area contributed by atoms with E-state index in [0.29, 0.717) is 0 Å². The van der Waals surface area contributed by atoms with Crippen LogP contribution in [0.2, 0.25) is 0 Å². The zero-order valence-corrected chi connectivity index (χ0v) is 18.7. The number of rotatable bonds is 21. The van der Waals surface area contributed by atoms with Gasteiger partial charge in [0.25, 0.3) is 0 Å². The first-order valence-electron chi connectivity index (χ1n) is 12.5. The third kappa shape index (κ3) is 25.6. The van der Waals surface area contributed by atoms with Crippen molar-refractivity contribution in [2.24, 2.45) is 0 Å². The molecular weight excluding hydrogens is 324 g/mol. The molecular formula is C27H50. The fraction of sp³-hybridized carbons (Fsp3) is 0.852. The van der Waals surface area contributed by atoms with Gasteiger partial charge in [0, 0.05) is 12.8 Å². The average Bonchev–Trinajstić information content (AvgIpc) is 2.68. The quantitative estimate of drug-likeness (QED) is 0.138. The van der Waals surface area contributed by atoms with Gasteiger partial charge in [-0.3, -0.25) is 0 Å². The monoisotopic (exact) mass is 374 g/mol. The molecule has 0 rings (SSSR count). The molecule has 0 saturated heterocycles. The summed E-state index contributed by atoms with van der Waals surface area (Å²) in [5, 5.41) is 0. The molecule has 2 radical (unpaired) electrons. The molecule has 0 nitrogen and oxygen atoms in total. The van der Waals surface area contributed by atoms with Gasteiger partial charge in [-0.05, 0) is 12.8 Å². The van der Waals surface area contributed by atoms with Gasteiger partial charge in [0.15, 0.2) is 0 Å². The molecule has 0 aliphatic carbocycles. The first kappa shape index (κ1) is 26.6. The smallest absolute Gasteiger partial charge is 0.00886 e. The van der Waals surface area contributed by atoms with E-state index in [1.54, 1.807) is 0 Å². The van der Waals surface area contributed by atoms with Gasteiger partial charge in [0.2, 0.25) is 0 Å². The van der Waals surface area contributed by atoms with E-state index >= 15 is 0 Å². The fourth-order valence-corrected chi connectivity index (χ4v) is 3.61. The molecule has 0 fully saturated rings. The van der Waals surface area contributed by atoms with Crippen molar-refractivity contribution in [2.75, 3.05) is 0 Å². The lowest BCUT2D eigenvalue weighted by atomic mass is 10.0. The Morgan fingerprint density at radius 2 is 0.519 bits per heavy atom. The Labute approximate surface area is 173 Å². The van der Waals surface area contributed by atoms with Crippen molar-refractivity contribution >= 4 is 0 Å². The van der Waals surface area contributed by atoms with Crippen LogP contribution in [0.1, 0.15) is 148 Å². The maximum Gasteiger partial charge on any atom is 0.00886 e. The van der Waals surface area contributed by atoms with Crippen molar-refractivity contribution in [3.05, 3.63) is 13.8 Å². The molecule has 0 unspecified atom stereocenters. The van der Waals surface area contributed by atoms with E-state index in [9.17, 15) is 0 Å². The molecule has 158 valence electrons. The van der Waals surface area contributed by atoms with Crippen LogP contribution in [0.25, 0.3) is 0 Å². The molecule has 0 N–H and O–H groups in total. The number of unbranched alkanes of at least 4 members (excludes halogenated alkanes) is 21. The van der Waals surface area contributed by atoms with Crippen molar-refractivity contribution in [1.29, 1.82) is 0 Å². The maximum atomic E-state index is 3.90. The molecule has 0 aliphatic rings. The highest BCUT2D eigenvalue weighted by Gasteiger charge is 1.94. The lowest BCUT2D eigenvalue weighted by Crippen LogP contribution is -1.83. The predicted octanol–water partition coefficient (Wildman–Crippen LogP) is 9.63. The Morgan fingerprint density at radius 1 is 0.296 bits per heavy atom. The van der Waals surface area contributed by atoms with Crippen LogP contribution in [0.4, 0.5) is 0 Å². The molecule has 0 aromatic carbocycles. The highest BCUT2D eigenvalue weighted by atomic mass is 14.0. The van der Waals surface area contributed by atoms with E-state index < -0.39 is 0 Å². The van der Waals surface area contributed by atoms with Crippen molar-refractivity contribution < 1.29 is 0 Å². The minimum absolute atomic E-state index is 1.09. The molecule has 0 heterocycles. The van der Waals surface area contributed by atoms with Crippen LogP contribution in [-0.4, -0.2) is 0 Å². The van der Waals surface area contributed by atoms with Crippen molar-refractivity contribution in [2.45, 2.75) is 148 Å². The standard InChI is InChI=1S/C27H50/c1-3-5-7-9-11-13-15-17-19-21-23-25-27-26-24-22-20-18-16-14-12-10-8-6-4-2/h1-17,19,21-27H2. The molecule has 0 saturated carbocycles. The fourth-order valence-electron chi connectivity index (χ4n) is 3.61. The summed E-state index contributed by atoms with van der Waals surface area (Å²) in [6, 6.07) is 0. The minimum atomic E-state index is 1.09. The molecule has 0 heteroatoms. The second-order valence-corrected chi connectivity index (χ2v) is 8.28. The third-order valence-electron chi connectivity index (χ3n) is 5.48. The second-order valence-electron chi connectivity index (χ2n) is 8.28. The van der Waals surface area contributed by atoms with Crippen LogP contribution < -0.4 is 0 Å². The summed E-state index contributed by atoms with van der Waals surface area (Å²) >= 11 is 0. The van der Waals surface area contributed by atoms with Gasteiger partial charge in [-0.25, -0.2) is 0 Å². The van der Waals surface area contributed by atoms with E-state index in [0.717, 1.165) is 25.7 Å². The van der Waals surface area contributed by atoms with Crippen LogP contribution in [0.3, 0.4) is 0 Å². The Kier molecular flexibility index (Phi) is 25.1. The van der Waals surface area contributed by atoms with Crippen molar-refractivity contribution in [3.63, 3.8) is 0 Å². The van der Waals surface area contributed by atoms with Gasteiger partial charge in [-0.1, -0.05) is 136 Å². The normalized spacial score (nSPS) is 10.7. The van der Waals surface area contributed by atoms with E-state index in [4.69, 9.17) is 0 Å². The lowest BCUT2D eigenvalue weighted by Gasteiger charge is -2.03. The van der Waals surface area contributed by atoms with Gasteiger partial charge >= 0.3 is 0 Å². The molecule has 0 aliphatic heterocycles. The summed E-state index contributed by atoms with van der Waals surface area (Å²) < 4.78 is 0. The zero-order chi connectivity index (χ0) is 19.7. The molecule has 0 spiro atoms. The van der Waals surface area contributed by atoms with Gasteiger partial charge in [0.05, 0.1) is 0 Å². The summed E-state index contributed by atoms with van der Waals surface area (Å²) in [7, 11) is 0. The molecule has 0 atom stereocenters. The molecule has 0 aromatic heterocycles.